The molecule has 3 rings (SSSR count). The van der Waals surface area contributed by atoms with Crippen LogP contribution in [0.15, 0.2) is 22.7 Å². The van der Waals surface area contributed by atoms with Crippen molar-refractivity contribution in [2.24, 2.45) is 0 Å². The van der Waals surface area contributed by atoms with Gasteiger partial charge in [-0.15, -0.1) is 0 Å². The molecule has 1 fully saturated rings. The summed E-state index contributed by atoms with van der Waals surface area (Å²) >= 11 is 0. The second-order valence-electron chi connectivity index (χ2n) is 7.58. The van der Waals surface area contributed by atoms with Gasteiger partial charge in [-0.25, -0.2) is 9.18 Å². The van der Waals surface area contributed by atoms with E-state index in [0.717, 1.165) is 37.8 Å². The van der Waals surface area contributed by atoms with E-state index in [1.807, 2.05) is 20.9 Å². The molecule has 2 heterocycles. The molecule has 1 aliphatic rings. The van der Waals surface area contributed by atoms with Crippen molar-refractivity contribution in [3.63, 3.8) is 0 Å². The molecule has 0 aliphatic carbocycles. The van der Waals surface area contributed by atoms with Gasteiger partial charge in [0.25, 0.3) is 0 Å². The molecule has 0 unspecified atom stereocenters. The van der Waals surface area contributed by atoms with Crippen molar-refractivity contribution >= 4 is 12.0 Å². The zero-order valence-corrected chi connectivity index (χ0v) is 17.0. The van der Waals surface area contributed by atoms with Gasteiger partial charge in [0.15, 0.2) is 5.82 Å². The summed E-state index contributed by atoms with van der Waals surface area (Å²) in [6, 6.07) is 4.80. The highest BCUT2D eigenvalue weighted by Gasteiger charge is 2.25. The Morgan fingerprint density at radius 2 is 2.14 bits per heavy atom. The first-order valence-corrected chi connectivity index (χ1v) is 9.79. The van der Waals surface area contributed by atoms with Crippen LogP contribution in [0.1, 0.15) is 48.8 Å². The molecule has 0 saturated carbocycles. The number of carboxylic acid groups (broad SMARTS) is 1. The van der Waals surface area contributed by atoms with E-state index < -0.39 is 11.8 Å². The SMILES string of the molecule is CC(C)c1noc(N2CCC(N(C)CCOc3ccc(C(=O)O)c(F)c3)CC2)n1. The molecule has 29 heavy (non-hydrogen) atoms. The van der Waals surface area contributed by atoms with Gasteiger partial charge in [-0.3, -0.25) is 4.90 Å². The molecule has 0 bridgehead atoms. The number of carbonyl (C=O) groups is 1. The number of aromatic nitrogens is 2. The van der Waals surface area contributed by atoms with Crippen molar-refractivity contribution in [2.45, 2.75) is 38.6 Å². The van der Waals surface area contributed by atoms with Crippen molar-refractivity contribution in [1.29, 1.82) is 0 Å². The fraction of sp³-hybridized carbons (Fsp3) is 0.550. The van der Waals surface area contributed by atoms with Crippen LogP contribution in [0.25, 0.3) is 0 Å². The Morgan fingerprint density at radius 1 is 1.41 bits per heavy atom. The van der Waals surface area contributed by atoms with Crippen molar-refractivity contribution in [2.75, 3.05) is 38.2 Å². The number of nitrogens with zero attached hydrogens (tertiary/aromatic N) is 4. The number of benzene rings is 1. The number of hydrogen-bond acceptors (Lipinski definition) is 7. The highest BCUT2D eigenvalue weighted by atomic mass is 19.1. The molecule has 158 valence electrons. The van der Waals surface area contributed by atoms with E-state index in [-0.39, 0.29) is 11.5 Å². The normalized spacial score (nSPS) is 15.3. The smallest absolute Gasteiger partial charge is 0.338 e. The lowest BCUT2D eigenvalue weighted by atomic mass is 10.0. The number of anilines is 1. The predicted molar refractivity (Wildman–Crippen MR) is 105 cm³/mol. The quantitative estimate of drug-likeness (QED) is 0.715. The Balaban J connectivity index is 1.43. The zero-order valence-electron chi connectivity index (χ0n) is 17.0. The summed E-state index contributed by atoms with van der Waals surface area (Å²) in [6.45, 7) is 6.84. The largest absolute Gasteiger partial charge is 0.492 e. The first-order valence-electron chi connectivity index (χ1n) is 9.79. The Hall–Kier alpha value is -2.68. The van der Waals surface area contributed by atoms with Gasteiger partial charge in [0.05, 0.1) is 5.56 Å². The lowest BCUT2D eigenvalue weighted by Crippen LogP contribution is -2.44. The topological polar surface area (TPSA) is 91.9 Å². The van der Waals surface area contributed by atoms with Crippen LogP contribution < -0.4 is 9.64 Å². The third-order valence-electron chi connectivity index (χ3n) is 5.19. The summed E-state index contributed by atoms with van der Waals surface area (Å²) < 4.78 is 24.7. The molecule has 0 radical (unpaired) electrons. The Bertz CT molecular complexity index is 834. The average molecular weight is 406 g/mol. The molecule has 9 heteroatoms. The molecule has 1 aromatic heterocycles. The van der Waals surface area contributed by atoms with Gasteiger partial charge in [0, 0.05) is 37.7 Å². The van der Waals surface area contributed by atoms with Gasteiger partial charge in [-0.05, 0) is 32.0 Å². The fourth-order valence-electron chi connectivity index (χ4n) is 3.34. The Morgan fingerprint density at radius 3 is 2.72 bits per heavy atom. The van der Waals surface area contributed by atoms with Crippen molar-refractivity contribution in [1.82, 2.24) is 15.0 Å². The monoisotopic (exact) mass is 406 g/mol. The molecule has 0 spiro atoms. The highest BCUT2D eigenvalue weighted by molar-refractivity contribution is 5.88. The number of halogens is 1. The number of aromatic carboxylic acids is 1. The first-order chi connectivity index (χ1) is 13.8. The molecular weight excluding hydrogens is 379 g/mol. The number of rotatable bonds is 8. The zero-order chi connectivity index (χ0) is 21.0. The van der Waals surface area contributed by atoms with Gasteiger partial charge in [-0.2, -0.15) is 4.98 Å². The van der Waals surface area contributed by atoms with E-state index >= 15 is 0 Å². The van der Waals surface area contributed by atoms with E-state index in [4.69, 9.17) is 14.4 Å². The number of likely N-dealkylation sites (N-methyl/N-ethyl adjacent to an activating group) is 1. The van der Waals surface area contributed by atoms with E-state index in [1.165, 1.54) is 12.1 Å². The molecule has 0 amide bonds. The average Bonchev–Trinajstić information content (AvgIpc) is 3.18. The van der Waals surface area contributed by atoms with Gasteiger partial charge in [0.2, 0.25) is 0 Å². The fourth-order valence-corrected chi connectivity index (χ4v) is 3.34. The van der Waals surface area contributed by atoms with Gasteiger partial charge in [0.1, 0.15) is 18.2 Å². The molecule has 1 N–H and O–H groups in total. The van der Waals surface area contributed by atoms with Crippen LogP contribution in [0.3, 0.4) is 0 Å². The molecule has 1 aromatic carbocycles. The maximum atomic E-state index is 13.7. The van der Waals surface area contributed by atoms with Crippen LogP contribution in [0.4, 0.5) is 10.4 Å². The second kappa shape index (κ2) is 9.21. The van der Waals surface area contributed by atoms with Crippen LogP contribution in [-0.2, 0) is 0 Å². The minimum Gasteiger partial charge on any atom is -0.492 e. The van der Waals surface area contributed by atoms with Crippen LogP contribution >= 0.6 is 0 Å². The molecule has 2 aromatic rings. The Kier molecular flexibility index (Phi) is 6.68. The molecule has 1 aliphatic heterocycles. The summed E-state index contributed by atoms with van der Waals surface area (Å²) in [5.41, 5.74) is -0.358. The van der Waals surface area contributed by atoms with E-state index in [2.05, 4.69) is 19.9 Å². The molecular formula is C20H27FN4O4. The maximum Gasteiger partial charge on any atom is 0.338 e. The molecule has 0 atom stereocenters. The predicted octanol–water partition coefficient (Wildman–Crippen LogP) is 3.01. The van der Waals surface area contributed by atoms with Gasteiger partial charge < -0.3 is 19.3 Å². The first kappa shape index (κ1) is 21.0. The lowest BCUT2D eigenvalue weighted by molar-refractivity contribution is 0.0691. The van der Waals surface area contributed by atoms with Crippen LogP contribution in [0, 0.1) is 5.82 Å². The molecule has 8 nitrogen and oxygen atoms in total. The lowest BCUT2D eigenvalue weighted by Gasteiger charge is -2.35. The van der Waals surface area contributed by atoms with E-state index in [9.17, 15) is 9.18 Å². The van der Waals surface area contributed by atoms with Crippen LogP contribution in [0.5, 0.6) is 5.75 Å². The second-order valence-corrected chi connectivity index (χ2v) is 7.58. The van der Waals surface area contributed by atoms with E-state index in [0.29, 0.717) is 31.0 Å². The summed E-state index contributed by atoms with van der Waals surface area (Å²) in [6.07, 6.45) is 1.94. The Labute approximate surface area is 169 Å². The summed E-state index contributed by atoms with van der Waals surface area (Å²) in [5, 5.41) is 12.9. The summed E-state index contributed by atoms with van der Waals surface area (Å²) in [7, 11) is 2.04. The number of piperidine rings is 1. The summed E-state index contributed by atoms with van der Waals surface area (Å²) in [4.78, 5) is 19.7. The minimum atomic E-state index is -1.29. The standard InChI is InChI=1S/C20H27FN4O4/c1-13(2)18-22-20(29-23-18)25-8-6-14(7-9-25)24(3)10-11-28-15-4-5-16(19(26)27)17(21)12-15/h4-5,12-14H,6-11H2,1-3H3,(H,26,27). The van der Waals surface area contributed by atoms with E-state index in [1.54, 1.807) is 0 Å². The summed E-state index contributed by atoms with van der Waals surface area (Å²) in [5.74, 6) is -0.791. The third-order valence-corrected chi connectivity index (χ3v) is 5.19. The molecule has 1 saturated heterocycles. The maximum absolute atomic E-state index is 13.7. The van der Waals surface area contributed by atoms with Gasteiger partial charge in [-0.1, -0.05) is 19.0 Å². The van der Waals surface area contributed by atoms with Crippen molar-refractivity contribution in [3.8, 4) is 5.75 Å². The third kappa shape index (κ3) is 5.23. The number of ether oxygens (including phenoxy) is 1. The van der Waals surface area contributed by atoms with Crippen LogP contribution in [0.2, 0.25) is 0 Å². The van der Waals surface area contributed by atoms with Crippen molar-refractivity contribution in [3.05, 3.63) is 35.4 Å². The minimum absolute atomic E-state index is 0.241. The van der Waals surface area contributed by atoms with Gasteiger partial charge >= 0.3 is 12.0 Å². The van der Waals surface area contributed by atoms with Crippen molar-refractivity contribution < 1.29 is 23.6 Å². The number of hydrogen-bond donors (Lipinski definition) is 1. The highest BCUT2D eigenvalue weighted by Crippen LogP contribution is 2.22. The van der Waals surface area contributed by atoms with Crippen LogP contribution in [-0.4, -0.2) is 65.4 Å². The number of carboxylic acids is 1.